The number of nitrogens with one attached hydrogen (secondary N) is 2. The molecule has 7 nitrogen and oxygen atoms in total. The highest BCUT2D eigenvalue weighted by molar-refractivity contribution is 6.09. The van der Waals surface area contributed by atoms with Gasteiger partial charge < -0.3 is 15.5 Å². The van der Waals surface area contributed by atoms with Crippen LogP contribution in [0, 0.1) is 11.3 Å². The van der Waals surface area contributed by atoms with E-state index in [9.17, 15) is 14.4 Å². The zero-order valence-corrected chi connectivity index (χ0v) is 18.5. The number of urea groups is 1. The fraction of sp³-hybridized carbons (Fsp3) is 0.609. The number of nitrogens with zero attached hydrogens (tertiary/aromatic N) is 2. The van der Waals surface area contributed by atoms with Crippen molar-refractivity contribution in [3.8, 4) is 0 Å². The van der Waals surface area contributed by atoms with Gasteiger partial charge in [-0.25, -0.2) is 4.79 Å². The number of para-hydroxylation sites is 1. The monoisotopic (exact) mass is 414 g/mol. The van der Waals surface area contributed by atoms with Crippen LogP contribution in [0.5, 0.6) is 0 Å². The Hall–Kier alpha value is -2.57. The predicted octanol–water partition coefficient (Wildman–Crippen LogP) is 2.77. The molecule has 1 saturated heterocycles. The van der Waals surface area contributed by atoms with Crippen molar-refractivity contribution in [2.45, 2.75) is 52.0 Å². The molecule has 2 fully saturated rings. The third kappa shape index (κ3) is 4.94. The SMILES string of the molecule is CC1CC(C)(C)CC2(C1)NC(=O)N(CC(=O)NCCCN(C)c1ccccc1)C2=O. The first kappa shape index (κ1) is 22.1. The van der Waals surface area contributed by atoms with Crippen molar-refractivity contribution in [3.63, 3.8) is 0 Å². The van der Waals surface area contributed by atoms with E-state index in [1.54, 1.807) is 0 Å². The first-order chi connectivity index (χ1) is 14.1. The summed E-state index contributed by atoms with van der Waals surface area (Å²) < 4.78 is 0. The lowest BCUT2D eigenvalue weighted by molar-refractivity contribution is -0.137. The van der Waals surface area contributed by atoms with E-state index < -0.39 is 11.6 Å². The maximum Gasteiger partial charge on any atom is 0.325 e. The van der Waals surface area contributed by atoms with Gasteiger partial charge in [0.25, 0.3) is 5.91 Å². The summed E-state index contributed by atoms with van der Waals surface area (Å²) in [6.45, 7) is 7.44. The molecule has 30 heavy (non-hydrogen) atoms. The number of imide groups is 1. The second-order valence-corrected chi connectivity index (χ2v) is 9.72. The third-order valence-electron chi connectivity index (χ3n) is 6.12. The van der Waals surface area contributed by atoms with E-state index in [1.165, 1.54) is 0 Å². The molecule has 7 heteroatoms. The van der Waals surface area contributed by atoms with E-state index in [0.29, 0.717) is 25.3 Å². The van der Waals surface area contributed by atoms with Crippen molar-refractivity contribution < 1.29 is 14.4 Å². The van der Waals surface area contributed by atoms with Crippen LogP contribution >= 0.6 is 0 Å². The van der Waals surface area contributed by atoms with Crippen LogP contribution in [-0.4, -0.2) is 55.0 Å². The summed E-state index contributed by atoms with van der Waals surface area (Å²) in [6.07, 6.45) is 3.03. The number of anilines is 1. The lowest BCUT2D eigenvalue weighted by Gasteiger charge is -2.43. The van der Waals surface area contributed by atoms with Crippen LogP contribution in [0.4, 0.5) is 10.5 Å². The molecule has 164 valence electrons. The zero-order chi connectivity index (χ0) is 21.9. The number of hydrogen-bond donors (Lipinski definition) is 2. The summed E-state index contributed by atoms with van der Waals surface area (Å²) >= 11 is 0. The maximum atomic E-state index is 13.1. The number of rotatable bonds is 7. The first-order valence-electron chi connectivity index (χ1n) is 10.8. The van der Waals surface area contributed by atoms with Crippen LogP contribution in [0.2, 0.25) is 0 Å². The topological polar surface area (TPSA) is 81.8 Å². The molecule has 1 aromatic rings. The van der Waals surface area contributed by atoms with Crippen LogP contribution in [0.15, 0.2) is 30.3 Å². The molecule has 0 radical (unpaired) electrons. The van der Waals surface area contributed by atoms with Gasteiger partial charge in [-0.1, -0.05) is 39.0 Å². The summed E-state index contributed by atoms with van der Waals surface area (Å²) in [5, 5.41) is 5.75. The smallest absolute Gasteiger partial charge is 0.325 e. The summed E-state index contributed by atoms with van der Waals surface area (Å²) in [6, 6.07) is 9.59. The van der Waals surface area contributed by atoms with Gasteiger partial charge in [0.2, 0.25) is 5.91 Å². The molecule has 1 spiro atoms. The van der Waals surface area contributed by atoms with Gasteiger partial charge in [0.1, 0.15) is 12.1 Å². The summed E-state index contributed by atoms with van der Waals surface area (Å²) in [4.78, 5) is 41.2. The summed E-state index contributed by atoms with van der Waals surface area (Å²) in [5.41, 5.74) is 0.235. The minimum Gasteiger partial charge on any atom is -0.375 e. The molecule has 1 saturated carbocycles. The molecule has 1 aliphatic heterocycles. The molecule has 1 aromatic carbocycles. The second kappa shape index (κ2) is 8.66. The Labute approximate surface area is 179 Å². The van der Waals surface area contributed by atoms with Crippen molar-refractivity contribution in [3.05, 3.63) is 30.3 Å². The largest absolute Gasteiger partial charge is 0.375 e. The van der Waals surface area contributed by atoms with Gasteiger partial charge in [-0.3, -0.25) is 14.5 Å². The second-order valence-electron chi connectivity index (χ2n) is 9.72. The van der Waals surface area contributed by atoms with Gasteiger partial charge in [-0.05, 0) is 49.1 Å². The molecule has 2 aliphatic rings. The Balaban J connectivity index is 1.48. The van der Waals surface area contributed by atoms with E-state index in [0.717, 1.165) is 30.0 Å². The molecule has 1 heterocycles. The van der Waals surface area contributed by atoms with E-state index in [1.807, 2.05) is 37.4 Å². The van der Waals surface area contributed by atoms with Crippen LogP contribution < -0.4 is 15.5 Å². The highest BCUT2D eigenvalue weighted by Crippen LogP contribution is 2.46. The summed E-state index contributed by atoms with van der Waals surface area (Å²) in [7, 11) is 2.01. The number of carbonyl (C=O) groups excluding carboxylic acids is 3. The molecule has 2 atom stereocenters. The van der Waals surface area contributed by atoms with Crippen molar-refractivity contribution in [2.75, 3.05) is 31.6 Å². The highest BCUT2D eigenvalue weighted by atomic mass is 16.2. The van der Waals surface area contributed by atoms with Crippen LogP contribution in [0.1, 0.15) is 46.5 Å². The molecular weight excluding hydrogens is 380 g/mol. The van der Waals surface area contributed by atoms with Crippen molar-refractivity contribution in [1.29, 1.82) is 0 Å². The average Bonchev–Trinajstić information content (AvgIpc) is 2.87. The Morgan fingerprint density at radius 1 is 1.23 bits per heavy atom. The average molecular weight is 415 g/mol. The quantitative estimate of drug-likeness (QED) is 0.531. The summed E-state index contributed by atoms with van der Waals surface area (Å²) in [5.74, 6) is -0.222. The minimum absolute atomic E-state index is 0.0242. The van der Waals surface area contributed by atoms with Gasteiger partial charge in [0.15, 0.2) is 0 Å². The van der Waals surface area contributed by atoms with E-state index in [4.69, 9.17) is 0 Å². The highest BCUT2D eigenvalue weighted by Gasteiger charge is 2.56. The molecule has 1 aliphatic carbocycles. The molecule has 2 unspecified atom stereocenters. The van der Waals surface area contributed by atoms with Crippen LogP contribution in [0.25, 0.3) is 0 Å². The van der Waals surface area contributed by atoms with E-state index in [2.05, 4.69) is 36.3 Å². The van der Waals surface area contributed by atoms with Crippen LogP contribution in [-0.2, 0) is 9.59 Å². The van der Waals surface area contributed by atoms with Crippen molar-refractivity contribution >= 4 is 23.5 Å². The Bertz CT molecular complexity index is 795. The van der Waals surface area contributed by atoms with Gasteiger partial charge in [-0.2, -0.15) is 0 Å². The van der Waals surface area contributed by atoms with Crippen molar-refractivity contribution in [2.24, 2.45) is 11.3 Å². The molecule has 0 bridgehead atoms. The fourth-order valence-corrected chi connectivity index (χ4v) is 5.20. The van der Waals surface area contributed by atoms with Crippen molar-refractivity contribution in [1.82, 2.24) is 15.5 Å². The van der Waals surface area contributed by atoms with Gasteiger partial charge >= 0.3 is 6.03 Å². The van der Waals surface area contributed by atoms with Gasteiger partial charge in [0.05, 0.1) is 0 Å². The predicted molar refractivity (Wildman–Crippen MR) is 117 cm³/mol. The van der Waals surface area contributed by atoms with Crippen LogP contribution in [0.3, 0.4) is 0 Å². The molecule has 0 aromatic heterocycles. The normalized spacial score (nSPS) is 25.3. The minimum atomic E-state index is -0.864. The molecule has 3 rings (SSSR count). The molecular formula is C23H34N4O3. The standard InChI is InChI=1S/C23H34N4O3/c1-17-13-22(2,3)16-23(14-17)20(29)27(21(30)25-23)15-19(28)24-11-8-12-26(4)18-9-6-5-7-10-18/h5-7,9-10,17H,8,11-16H2,1-4H3,(H,24,28)(H,25,30). The fourth-order valence-electron chi connectivity index (χ4n) is 5.20. The Kier molecular flexibility index (Phi) is 6.38. The van der Waals surface area contributed by atoms with E-state index in [-0.39, 0.29) is 23.8 Å². The zero-order valence-electron chi connectivity index (χ0n) is 18.5. The lowest BCUT2D eigenvalue weighted by atomic mass is 9.64. The first-order valence-corrected chi connectivity index (χ1v) is 10.8. The molecule has 2 N–H and O–H groups in total. The number of carbonyl (C=O) groups is 3. The Morgan fingerprint density at radius 2 is 1.93 bits per heavy atom. The maximum absolute atomic E-state index is 13.1. The Morgan fingerprint density at radius 3 is 2.60 bits per heavy atom. The molecule has 4 amide bonds. The third-order valence-corrected chi connectivity index (χ3v) is 6.12. The lowest BCUT2D eigenvalue weighted by Crippen LogP contribution is -2.54. The number of amides is 4. The van der Waals surface area contributed by atoms with E-state index >= 15 is 0 Å². The number of benzene rings is 1. The number of hydrogen-bond acceptors (Lipinski definition) is 4. The van der Waals surface area contributed by atoms with Gasteiger partial charge in [0, 0.05) is 25.8 Å². The van der Waals surface area contributed by atoms with Gasteiger partial charge in [-0.15, -0.1) is 0 Å².